The topological polar surface area (TPSA) is 42.8 Å². The van der Waals surface area contributed by atoms with Crippen molar-refractivity contribution in [2.75, 3.05) is 44.7 Å². The van der Waals surface area contributed by atoms with Gasteiger partial charge in [0, 0.05) is 7.05 Å². The van der Waals surface area contributed by atoms with Crippen LogP contribution in [-0.2, 0) is 0 Å². The van der Waals surface area contributed by atoms with E-state index in [1.807, 2.05) is 30.6 Å². The van der Waals surface area contributed by atoms with E-state index in [9.17, 15) is 0 Å². The molecule has 2 aliphatic rings. The first-order valence-electron chi connectivity index (χ1n) is 5.32. The molecule has 1 saturated heterocycles. The van der Waals surface area contributed by atoms with Crippen LogP contribution >= 0.6 is 23.5 Å². The van der Waals surface area contributed by atoms with Crippen LogP contribution in [0.5, 0.6) is 0 Å². The van der Waals surface area contributed by atoms with E-state index in [0.717, 1.165) is 18.8 Å². The maximum atomic E-state index is 4.31. The van der Waals surface area contributed by atoms with E-state index in [1.54, 1.807) is 4.90 Å². The van der Waals surface area contributed by atoms with Crippen molar-refractivity contribution in [1.29, 1.82) is 0 Å². The molecular formula is C9H18N4S2+2. The number of aliphatic imine (C=N–C) groups is 1. The molecule has 0 spiro atoms. The molecule has 0 aliphatic carbocycles. The predicted molar refractivity (Wildman–Crippen MR) is 67.8 cm³/mol. The lowest BCUT2D eigenvalue weighted by Crippen LogP contribution is -3.12. The molecule has 1 fully saturated rings. The molecule has 0 bridgehead atoms. The Bertz CT molecular complexity index is 277. The minimum absolute atomic E-state index is 1.07. The van der Waals surface area contributed by atoms with Crippen LogP contribution in [0.25, 0.3) is 0 Å². The van der Waals surface area contributed by atoms with Crippen LogP contribution < -0.4 is 15.2 Å². The molecule has 0 radical (unpaired) electrons. The van der Waals surface area contributed by atoms with E-state index in [0.29, 0.717) is 0 Å². The Balaban J connectivity index is 1.69. The summed E-state index contributed by atoms with van der Waals surface area (Å²) in [6, 6.07) is 0. The Hall–Kier alpha value is -0.200. The minimum Gasteiger partial charge on any atom is -0.279 e. The van der Waals surface area contributed by atoms with Gasteiger partial charge in [0.25, 0.3) is 5.17 Å². The second kappa shape index (κ2) is 5.77. The summed E-state index contributed by atoms with van der Waals surface area (Å²) in [5.41, 5.74) is 0. The van der Waals surface area contributed by atoms with E-state index in [1.165, 1.54) is 29.2 Å². The molecule has 2 heterocycles. The van der Waals surface area contributed by atoms with Crippen LogP contribution in [0.3, 0.4) is 0 Å². The molecule has 3 N–H and O–H groups in total. The van der Waals surface area contributed by atoms with E-state index in [2.05, 4.69) is 15.3 Å². The average Bonchev–Trinajstić information content (AvgIpc) is 2.88. The zero-order chi connectivity index (χ0) is 10.5. The standard InChI is InChI=1S/C9H16N4S2/c1-10-9-13(5-7-15-9)4-6-14-8-11-2-3-12-8/h2-7H2,1H3,(H,11,12)/p+2. The van der Waals surface area contributed by atoms with Crippen LogP contribution in [0.4, 0.5) is 0 Å². The molecule has 1 atom stereocenters. The first kappa shape index (κ1) is 11.3. The Kier molecular flexibility index (Phi) is 4.34. The molecule has 2 rings (SSSR count). The zero-order valence-corrected chi connectivity index (χ0v) is 10.6. The Morgan fingerprint density at radius 2 is 2.60 bits per heavy atom. The molecule has 2 aliphatic heterocycles. The fraction of sp³-hybridized carbons (Fsp3) is 0.778. The van der Waals surface area contributed by atoms with Crippen molar-refractivity contribution in [3.8, 4) is 0 Å². The highest BCUT2D eigenvalue weighted by Gasteiger charge is 2.25. The first-order chi connectivity index (χ1) is 7.40. The molecule has 4 nitrogen and oxygen atoms in total. The fourth-order valence-corrected chi connectivity index (χ4v) is 3.77. The predicted octanol–water partition coefficient (Wildman–Crippen LogP) is -2.62. The second-order valence-corrected chi connectivity index (χ2v) is 5.70. The highest BCUT2D eigenvalue weighted by atomic mass is 32.2. The van der Waals surface area contributed by atoms with E-state index < -0.39 is 0 Å². The van der Waals surface area contributed by atoms with Crippen LogP contribution in [0.15, 0.2) is 4.99 Å². The maximum absolute atomic E-state index is 4.31. The largest absolute Gasteiger partial charge is 0.304 e. The summed E-state index contributed by atoms with van der Waals surface area (Å²) in [7, 11) is 1.90. The fourth-order valence-electron chi connectivity index (χ4n) is 1.73. The number of hydrogen-bond donors (Lipinski definition) is 3. The van der Waals surface area contributed by atoms with Crippen molar-refractivity contribution in [1.82, 2.24) is 5.32 Å². The summed E-state index contributed by atoms with van der Waals surface area (Å²) < 4.78 is 0. The molecular weight excluding hydrogens is 228 g/mol. The average molecular weight is 246 g/mol. The first-order valence-corrected chi connectivity index (χ1v) is 7.29. The van der Waals surface area contributed by atoms with Crippen LogP contribution in [-0.4, -0.2) is 55.1 Å². The third-order valence-corrected chi connectivity index (χ3v) is 4.63. The van der Waals surface area contributed by atoms with Gasteiger partial charge in [0.1, 0.15) is 13.1 Å². The summed E-state index contributed by atoms with van der Waals surface area (Å²) in [5, 5.41) is 5.86. The lowest BCUT2D eigenvalue weighted by atomic mass is 10.6. The SMILES string of the molecule is CN=C1SCC[NH+]1CCSC1=[NH+]CCN1. The van der Waals surface area contributed by atoms with Gasteiger partial charge in [-0.05, 0) is 23.5 Å². The van der Waals surface area contributed by atoms with Gasteiger partial charge < -0.3 is 0 Å². The van der Waals surface area contributed by atoms with Crippen LogP contribution in [0.1, 0.15) is 0 Å². The number of thioether (sulfide) groups is 2. The lowest BCUT2D eigenvalue weighted by molar-refractivity contribution is -0.792. The van der Waals surface area contributed by atoms with Crippen molar-refractivity contribution in [3.63, 3.8) is 0 Å². The van der Waals surface area contributed by atoms with Gasteiger partial charge in [0.2, 0.25) is 0 Å². The molecule has 6 heteroatoms. The summed E-state index contributed by atoms with van der Waals surface area (Å²) in [6.45, 7) is 4.54. The summed E-state index contributed by atoms with van der Waals surface area (Å²) in [4.78, 5) is 9.20. The van der Waals surface area contributed by atoms with Crippen LogP contribution in [0.2, 0.25) is 0 Å². The van der Waals surface area contributed by atoms with Gasteiger partial charge in [-0.25, -0.2) is 4.99 Å². The molecule has 0 amide bonds. The smallest absolute Gasteiger partial charge is 0.279 e. The third-order valence-electron chi connectivity index (χ3n) is 2.49. The molecule has 0 saturated carbocycles. The minimum atomic E-state index is 1.07. The molecule has 1 unspecified atom stereocenters. The van der Waals surface area contributed by atoms with Gasteiger partial charge in [-0.2, -0.15) is 0 Å². The number of amidine groups is 2. The number of nitrogens with one attached hydrogen (secondary N) is 3. The summed E-state index contributed by atoms with van der Waals surface area (Å²) in [5.74, 6) is 2.38. The number of rotatable bonds is 3. The maximum Gasteiger partial charge on any atom is 0.304 e. The van der Waals surface area contributed by atoms with Crippen molar-refractivity contribution in [2.45, 2.75) is 0 Å². The second-order valence-electron chi connectivity index (χ2n) is 3.51. The number of hydrogen-bond acceptors (Lipinski definition) is 4. The van der Waals surface area contributed by atoms with E-state index in [4.69, 9.17) is 0 Å². The van der Waals surface area contributed by atoms with Crippen molar-refractivity contribution >= 4 is 33.9 Å². The Morgan fingerprint density at radius 1 is 1.67 bits per heavy atom. The van der Waals surface area contributed by atoms with Crippen molar-refractivity contribution in [2.24, 2.45) is 4.99 Å². The van der Waals surface area contributed by atoms with Gasteiger partial charge in [0.05, 0.1) is 24.6 Å². The Labute approximate surface area is 99.0 Å². The molecule has 0 aromatic carbocycles. The molecule has 0 aromatic heterocycles. The van der Waals surface area contributed by atoms with Gasteiger partial charge >= 0.3 is 5.17 Å². The molecule has 15 heavy (non-hydrogen) atoms. The molecule has 84 valence electrons. The van der Waals surface area contributed by atoms with Gasteiger partial charge in [-0.3, -0.25) is 15.2 Å². The van der Waals surface area contributed by atoms with Crippen molar-refractivity contribution in [3.05, 3.63) is 0 Å². The van der Waals surface area contributed by atoms with E-state index >= 15 is 0 Å². The number of quaternary nitrogens is 1. The summed E-state index contributed by atoms with van der Waals surface area (Å²) >= 11 is 3.79. The van der Waals surface area contributed by atoms with E-state index in [-0.39, 0.29) is 0 Å². The highest BCUT2D eigenvalue weighted by Crippen LogP contribution is 2.03. The quantitative estimate of drug-likeness (QED) is 0.511. The monoisotopic (exact) mass is 246 g/mol. The normalized spacial score (nSPS) is 28.2. The summed E-state index contributed by atoms with van der Waals surface area (Å²) in [6.07, 6.45) is 0. The third kappa shape index (κ3) is 3.12. The van der Waals surface area contributed by atoms with Gasteiger partial charge in [-0.15, -0.1) is 0 Å². The zero-order valence-electron chi connectivity index (χ0n) is 9.01. The van der Waals surface area contributed by atoms with Crippen LogP contribution in [0, 0.1) is 0 Å². The molecule has 0 aromatic rings. The highest BCUT2D eigenvalue weighted by molar-refractivity contribution is 8.14. The van der Waals surface area contributed by atoms with Crippen molar-refractivity contribution < 1.29 is 9.89 Å². The lowest BCUT2D eigenvalue weighted by Gasteiger charge is -2.09. The number of nitrogens with zero attached hydrogens (tertiary/aromatic N) is 1. The van der Waals surface area contributed by atoms with Gasteiger partial charge in [0.15, 0.2) is 0 Å². The van der Waals surface area contributed by atoms with Gasteiger partial charge in [-0.1, -0.05) is 0 Å². The Morgan fingerprint density at radius 3 is 3.33 bits per heavy atom.